The van der Waals surface area contributed by atoms with Gasteiger partial charge >= 0.3 is 0 Å². The number of nitrogens with zero attached hydrogens (tertiary/aromatic N) is 2. The third kappa shape index (κ3) is 5.34. The van der Waals surface area contributed by atoms with Crippen molar-refractivity contribution in [2.24, 2.45) is 0 Å². The Morgan fingerprint density at radius 1 is 1.35 bits per heavy atom. The molecule has 5 nitrogen and oxygen atoms in total. The molecule has 0 atom stereocenters. The number of pyridine rings is 1. The monoisotopic (exact) mass is 317 g/mol. The third-order valence-electron chi connectivity index (χ3n) is 3.12. The molecule has 1 amide bonds. The molecule has 0 unspecified atom stereocenters. The van der Waals surface area contributed by atoms with E-state index in [1.807, 2.05) is 19.0 Å². The standard InChI is InChI=1S/C17H20FN3O2/c1-21(2)9-4-10-23-16-11-14(18)6-7-15(16)20-17(22)13-5-3-8-19-12-13/h3,5-8,11-12H,4,9-10H2,1-2H3,(H,20,22). The van der Waals surface area contributed by atoms with Crippen molar-refractivity contribution < 1.29 is 13.9 Å². The number of benzene rings is 1. The van der Waals surface area contributed by atoms with Crippen molar-refractivity contribution in [2.45, 2.75) is 6.42 Å². The summed E-state index contributed by atoms with van der Waals surface area (Å²) in [6.45, 7) is 1.31. The lowest BCUT2D eigenvalue weighted by Crippen LogP contribution is -2.16. The molecule has 1 heterocycles. The fraction of sp³-hybridized carbons (Fsp3) is 0.294. The van der Waals surface area contributed by atoms with Crippen LogP contribution in [0.3, 0.4) is 0 Å². The first kappa shape index (κ1) is 16.9. The van der Waals surface area contributed by atoms with E-state index in [-0.39, 0.29) is 5.91 Å². The molecule has 0 aliphatic carbocycles. The van der Waals surface area contributed by atoms with Gasteiger partial charge in [-0.1, -0.05) is 0 Å². The number of anilines is 1. The summed E-state index contributed by atoms with van der Waals surface area (Å²) in [6, 6.07) is 7.38. The largest absolute Gasteiger partial charge is 0.491 e. The highest BCUT2D eigenvalue weighted by Crippen LogP contribution is 2.26. The van der Waals surface area contributed by atoms with Crippen LogP contribution in [-0.2, 0) is 0 Å². The van der Waals surface area contributed by atoms with E-state index in [2.05, 4.69) is 10.3 Å². The predicted molar refractivity (Wildman–Crippen MR) is 87.3 cm³/mol. The molecule has 0 bridgehead atoms. The molecule has 0 radical (unpaired) electrons. The lowest BCUT2D eigenvalue weighted by Gasteiger charge is -2.14. The zero-order valence-electron chi connectivity index (χ0n) is 13.3. The molecule has 0 saturated heterocycles. The van der Waals surface area contributed by atoms with Gasteiger partial charge in [-0.25, -0.2) is 4.39 Å². The van der Waals surface area contributed by atoms with Crippen LogP contribution in [0, 0.1) is 5.82 Å². The van der Waals surface area contributed by atoms with Crippen LogP contribution in [0.2, 0.25) is 0 Å². The summed E-state index contributed by atoms with van der Waals surface area (Å²) in [5, 5.41) is 2.72. The van der Waals surface area contributed by atoms with Gasteiger partial charge in [0.2, 0.25) is 0 Å². The summed E-state index contributed by atoms with van der Waals surface area (Å²) in [5.41, 5.74) is 0.862. The first-order valence-corrected chi connectivity index (χ1v) is 7.35. The van der Waals surface area contributed by atoms with Gasteiger partial charge in [-0.2, -0.15) is 0 Å². The minimum atomic E-state index is -0.410. The normalized spacial score (nSPS) is 10.6. The van der Waals surface area contributed by atoms with Crippen molar-refractivity contribution in [3.8, 4) is 5.75 Å². The molecular formula is C17H20FN3O2. The first-order chi connectivity index (χ1) is 11.1. The van der Waals surface area contributed by atoms with Crippen LogP contribution in [0.25, 0.3) is 0 Å². The molecule has 0 fully saturated rings. The van der Waals surface area contributed by atoms with Gasteiger partial charge < -0.3 is 15.0 Å². The maximum Gasteiger partial charge on any atom is 0.257 e. The zero-order chi connectivity index (χ0) is 16.7. The number of aromatic nitrogens is 1. The molecule has 1 aromatic heterocycles. The molecule has 2 rings (SSSR count). The minimum Gasteiger partial charge on any atom is -0.491 e. The van der Waals surface area contributed by atoms with Gasteiger partial charge in [0.15, 0.2) is 0 Å². The van der Waals surface area contributed by atoms with E-state index in [0.29, 0.717) is 23.6 Å². The summed E-state index contributed by atoms with van der Waals surface area (Å²) >= 11 is 0. The van der Waals surface area contributed by atoms with Gasteiger partial charge in [0.25, 0.3) is 5.91 Å². The molecule has 0 spiro atoms. The first-order valence-electron chi connectivity index (χ1n) is 7.35. The van der Waals surface area contributed by atoms with Crippen molar-refractivity contribution in [1.82, 2.24) is 9.88 Å². The number of carbonyl (C=O) groups excluding carboxylic acids is 1. The smallest absolute Gasteiger partial charge is 0.257 e. The molecule has 1 aromatic carbocycles. The zero-order valence-corrected chi connectivity index (χ0v) is 13.3. The summed E-state index contributed by atoms with van der Waals surface area (Å²) in [6.07, 6.45) is 3.87. The van der Waals surface area contributed by atoms with Crippen molar-refractivity contribution in [2.75, 3.05) is 32.6 Å². The molecule has 23 heavy (non-hydrogen) atoms. The molecule has 1 N–H and O–H groups in total. The number of carbonyl (C=O) groups is 1. The third-order valence-corrected chi connectivity index (χ3v) is 3.12. The van der Waals surface area contributed by atoms with Crippen LogP contribution in [0.5, 0.6) is 5.75 Å². The maximum atomic E-state index is 13.4. The predicted octanol–water partition coefficient (Wildman–Crippen LogP) is 2.80. The lowest BCUT2D eigenvalue weighted by molar-refractivity contribution is 0.102. The van der Waals surface area contributed by atoms with E-state index < -0.39 is 5.82 Å². The topological polar surface area (TPSA) is 54.5 Å². The van der Waals surface area contributed by atoms with E-state index in [9.17, 15) is 9.18 Å². The van der Waals surface area contributed by atoms with Crippen molar-refractivity contribution >= 4 is 11.6 Å². The van der Waals surface area contributed by atoms with E-state index in [1.54, 1.807) is 18.3 Å². The van der Waals surface area contributed by atoms with Crippen molar-refractivity contribution in [3.63, 3.8) is 0 Å². The fourth-order valence-corrected chi connectivity index (χ4v) is 1.97. The lowest BCUT2D eigenvalue weighted by atomic mass is 10.2. The average molecular weight is 317 g/mol. The van der Waals surface area contributed by atoms with E-state index in [1.165, 1.54) is 24.4 Å². The SMILES string of the molecule is CN(C)CCCOc1cc(F)ccc1NC(=O)c1cccnc1. The van der Waals surface area contributed by atoms with Gasteiger partial charge in [-0.05, 0) is 44.8 Å². The highest BCUT2D eigenvalue weighted by molar-refractivity contribution is 6.04. The molecule has 6 heteroatoms. The Bertz CT molecular complexity index is 648. The van der Waals surface area contributed by atoms with Gasteiger partial charge in [-0.15, -0.1) is 0 Å². The molecule has 122 valence electrons. The molecular weight excluding hydrogens is 297 g/mol. The minimum absolute atomic E-state index is 0.317. The van der Waals surface area contributed by atoms with E-state index >= 15 is 0 Å². The average Bonchev–Trinajstić information content (AvgIpc) is 2.54. The molecule has 0 aliphatic rings. The number of halogens is 1. The summed E-state index contributed by atoms with van der Waals surface area (Å²) in [4.78, 5) is 18.1. The maximum absolute atomic E-state index is 13.4. The Morgan fingerprint density at radius 2 is 2.17 bits per heavy atom. The Hall–Kier alpha value is -2.47. The highest BCUT2D eigenvalue weighted by atomic mass is 19.1. The highest BCUT2D eigenvalue weighted by Gasteiger charge is 2.11. The Kier molecular flexibility index (Phi) is 6.05. The molecule has 0 saturated carbocycles. The van der Waals surface area contributed by atoms with Crippen molar-refractivity contribution in [1.29, 1.82) is 0 Å². The van der Waals surface area contributed by atoms with E-state index in [0.717, 1.165) is 13.0 Å². The van der Waals surface area contributed by atoms with Crippen molar-refractivity contribution in [3.05, 3.63) is 54.1 Å². The Labute approximate surface area is 135 Å². The Balaban J connectivity index is 2.04. The summed E-state index contributed by atoms with van der Waals surface area (Å²) < 4.78 is 19.0. The number of rotatable bonds is 7. The van der Waals surface area contributed by atoms with Gasteiger partial charge in [0, 0.05) is 25.0 Å². The fourth-order valence-electron chi connectivity index (χ4n) is 1.97. The van der Waals surface area contributed by atoms with Crippen LogP contribution in [0.4, 0.5) is 10.1 Å². The van der Waals surface area contributed by atoms with Gasteiger partial charge in [-0.3, -0.25) is 9.78 Å². The quantitative estimate of drug-likeness (QED) is 0.798. The van der Waals surface area contributed by atoms with E-state index in [4.69, 9.17) is 4.74 Å². The summed E-state index contributed by atoms with van der Waals surface area (Å²) in [7, 11) is 3.95. The second kappa shape index (κ2) is 8.24. The number of amides is 1. The number of ether oxygens (including phenoxy) is 1. The molecule has 2 aromatic rings. The number of nitrogens with one attached hydrogen (secondary N) is 1. The number of hydrogen-bond acceptors (Lipinski definition) is 4. The van der Waals surface area contributed by atoms with Crippen LogP contribution in [-0.4, -0.2) is 43.0 Å². The van der Waals surface area contributed by atoms with Gasteiger partial charge in [0.1, 0.15) is 11.6 Å². The van der Waals surface area contributed by atoms with Gasteiger partial charge in [0.05, 0.1) is 17.9 Å². The second-order valence-corrected chi connectivity index (χ2v) is 5.34. The summed E-state index contributed by atoms with van der Waals surface area (Å²) in [5.74, 6) is -0.407. The van der Waals surface area contributed by atoms with Crippen LogP contribution in [0.1, 0.15) is 16.8 Å². The molecule has 0 aliphatic heterocycles. The van der Waals surface area contributed by atoms with Crippen LogP contribution in [0.15, 0.2) is 42.7 Å². The van der Waals surface area contributed by atoms with Crippen LogP contribution >= 0.6 is 0 Å². The van der Waals surface area contributed by atoms with Crippen LogP contribution < -0.4 is 10.1 Å². The second-order valence-electron chi connectivity index (χ2n) is 5.34. The number of hydrogen-bond donors (Lipinski definition) is 1. The Morgan fingerprint density at radius 3 is 2.87 bits per heavy atom.